The zero-order valence-corrected chi connectivity index (χ0v) is 12.0. The highest BCUT2D eigenvalue weighted by Crippen LogP contribution is 2.19. The molecule has 0 atom stereocenters. The van der Waals surface area contributed by atoms with Gasteiger partial charge in [0.25, 0.3) is 0 Å². The predicted molar refractivity (Wildman–Crippen MR) is 82.7 cm³/mol. The molecule has 0 unspecified atom stereocenters. The van der Waals surface area contributed by atoms with Gasteiger partial charge in [0.05, 0.1) is 5.02 Å². The summed E-state index contributed by atoms with van der Waals surface area (Å²) in [6.45, 7) is 0.604. The normalized spacial score (nSPS) is 10.5. The van der Waals surface area contributed by atoms with Gasteiger partial charge in [-0.1, -0.05) is 54.1 Å². The SMILES string of the molecule is O=C(c1ccccc1Cl)c1nccn1Cc1ccccc1. The fourth-order valence-electron chi connectivity index (χ4n) is 2.19. The fraction of sp³-hybridized carbons (Fsp3) is 0.0588. The van der Waals surface area contributed by atoms with Crippen LogP contribution in [0, 0.1) is 0 Å². The fourth-order valence-corrected chi connectivity index (χ4v) is 2.41. The van der Waals surface area contributed by atoms with Gasteiger partial charge in [-0.2, -0.15) is 0 Å². The molecule has 0 saturated heterocycles. The molecule has 0 fully saturated rings. The molecule has 0 amide bonds. The first-order valence-corrected chi connectivity index (χ1v) is 6.98. The second-order valence-corrected chi connectivity index (χ2v) is 5.08. The number of nitrogens with zero attached hydrogens (tertiary/aromatic N) is 2. The molecule has 1 heterocycles. The van der Waals surface area contributed by atoms with E-state index in [0.29, 0.717) is 23.0 Å². The Morgan fingerprint density at radius 3 is 2.52 bits per heavy atom. The lowest BCUT2D eigenvalue weighted by molar-refractivity contribution is 0.102. The van der Waals surface area contributed by atoms with E-state index in [4.69, 9.17) is 11.6 Å². The van der Waals surface area contributed by atoms with Crippen molar-refractivity contribution in [2.75, 3.05) is 0 Å². The van der Waals surface area contributed by atoms with Crippen molar-refractivity contribution in [3.63, 3.8) is 0 Å². The van der Waals surface area contributed by atoms with Gasteiger partial charge in [0.2, 0.25) is 5.78 Å². The third-order valence-electron chi connectivity index (χ3n) is 3.23. The number of benzene rings is 2. The van der Waals surface area contributed by atoms with Crippen molar-refractivity contribution >= 4 is 17.4 Å². The lowest BCUT2D eigenvalue weighted by Crippen LogP contribution is -2.12. The number of halogens is 1. The Morgan fingerprint density at radius 1 is 1.05 bits per heavy atom. The zero-order chi connectivity index (χ0) is 14.7. The third kappa shape index (κ3) is 2.88. The number of carbonyl (C=O) groups is 1. The van der Waals surface area contributed by atoms with Gasteiger partial charge < -0.3 is 4.57 Å². The summed E-state index contributed by atoms with van der Waals surface area (Å²) in [4.78, 5) is 16.8. The van der Waals surface area contributed by atoms with E-state index in [2.05, 4.69) is 4.98 Å². The third-order valence-corrected chi connectivity index (χ3v) is 3.56. The van der Waals surface area contributed by atoms with Crippen LogP contribution in [0.3, 0.4) is 0 Å². The summed E-state index contributed by atoms with van der Waals surface area (Å²) in [5, 5.41) is 0.441. The van der Waals surface area contributed by atoms with Crippen molar-refractivity contribution in [1.29, 1.82) is 0 Å². The lowest BCUT2D eigenvalue weighted by atomic mass is 10.1. The van der Waals surface area contributed by atoms with Crippen molar-refractivity contribution < 1.29 is 4.79 Å². The van der Waals surface area contributed by atoms with Crippen LogP contribution in [0.2, 0.25) is 5.02 Å². The molecule has 3 nitrogen and oxygen atoms in total. The van der Waals surface area contributed by atoms with Crippen LogP contribution in [0.4, 0.5) is 0 Å². The summed E-state index contributed by atoms with van der Waals surface area (Å²) in [5.74, 6) is 0.230. The highest BCUT2D eigenvalue weighted by Gasteiger charge is 2.17. The molecule has 3 rings (SSSR count). The molecule has 0 N–H and O–H groups in total. The van der Waals surface area contributed by atoms with Crippen molar-refractivity contribution in [2.45, 2.75) is 6.54 Å². The molecule has 21 heavy (non-hydrogen) atoms. The van der Waals surface area contributed by atoms with E-state index >= 15 is 0 Å². The van der Waals surface area contributed by atoms with E-state index in [9.17, 15) is 4.79 Å². The largest absolute Gasteiger partial charge is 0.324 e. The van der Waals surface area contributed by atoms with Crippen LogP contribution >= 0.6 is 11.6 Å². The van der Waals surface area contributed by atoms with Gasteiger partial charge in [0.1, 0.15) is 0 Å². The average Bonchev–Trinajstić information content (AvgIpc) is 2.96. The summed E-state index contributed by atoms with van der Waals surface area (Å²) in [7, 11) is 0. The number of imidazole rings is 1. The number of carbonyl (C=O) groups excluding carboxylic acids is 1. The van der Waals surface area contributed by atoms with Gasteiger partial charge in [0, 0.05) is 24.5 Å². The van der Waals surface area contributed by atoms with Crippen molar-refractivity contribution in [1.82, 2.24) is 9.55 Å². The molecular weight excluding hydrogens is 284 g/mol. The molecule has 0 aliphatic carbocycles. The first-order valence-electron chi connectivity index (χ1n) is 6.60. The number of hydrogen-bond acceptors (Lipinski definition) is 2. The first-order chi connectivity index (χ1) is 10.3. The molecule has 0 aliphatic heterocycles. The molecule has 0 aliphatic rings. The first kappa shape index (κ1) is 13.6. The average molecular weight is 297 g/mol. The molecule has 2 aromatic carbocycles. The maximum absolute atomic E-state index is 12.6. The van der Waals surface area contributed by atoms with E-state index in [1.54, 1.807) is 36.7 Å². The van der Waals surface area contributed by atoms with E-state index in [1.807, 2.05) is 34.9 Å². The summed E-state index contributed by atoms with van der Waals surface area (Å²) in [6, 6.07) is 17.0. The standard InChI is InChI=1S/C17H13ClN2O/c18-15-9-5-4-8-14(15)16(21)17-19-10-11-20(17)12-13-6-2-1-3-7-13/h1-11H,12H2. The minimum absolute atomic E-state index is 0.165. The maximum atomic E-state index is 12.6. The molecular formula is C17H13ClN2O. The van der Waals surface area contributed by atoms with Crippen LogP contribution < -0.4 is 0 Å². The van der Waals surface area contributed by atoms with Crippen LogP contribution in [-0.4, -0.2) is 15.3 Å². The topological polar surface area (TPSA) is 34.9 Å². The predicted octanol–water partition coefficient (Wildman–Crippen LogP) is 3.82. The van der Waals surface area contributed by atoms with Gasteiger partial charge in [0.15, 0.2) is 5.82 Å². The quantitative estimate of drug-likeness (QED) is 0.686. The Bertz CT molecular complexity index is 765. The Labute approximate surface area is 127 Å². The van der Waals surface area contributed by atoms with Crippen LogP contribution in [0.5, 0.6) is 0 Å². The summed E-state index contributed by atoms with van der Waals surface area (Å²) in [6.07, 6.45) is 3.43. The number of aromatic nitrogens is 2. The molecule has 104 valence electrons. The van der Waals surface area contributed by atoms with Crippen LogP contribution in [0.1, 0.15) is 21.7 Å². The smallest absolute Gasteiger partial charge is 0.229 e. The molecule has 0 saturated carbocycles. The van der Waals surface area contributed by atoms with Gasteiger partial charge in [-0.25, -0.2) is 4.98 Å². The highest BCUT2D eigenvalue weighted by atomic mass is 35.5. The number of ketones is 1. The Morgan fingerprint density at radius 2 is 1.76 bits per heavy atom. The molecule has 0 bridgehead atoms. The maximum Gasteiger partial charge on any atom is 0.229 e. The van der Waals surface area contributed by atoms with Crippen molar-refractivity contribution in [3.05, 3.63) is 89.0 Å². The minimum Gasteiger partial charge on any atom is -0.324 e. The lowest BCUT2D eigenvalue weighted by Gasteiger charge is -2.08. The van der Waals surface area contributed by atoms with E-state index in [-0.39, 0.29) is 5.78 Å². The van der Waals surface area contributed by atoms with Gasteiger partial charge in [-0.3, -0.25) is 4.79 Å². The van der Waals surface area contributed by atoms with Crippen LogP contribution in [0.25, 0.3) is 0 Å². The molecule has 3 aromatic rings. The van der Waals surface area contributed by atoms with E-state index in [1.165, 1.54) is 0 Å². The summed E-state index contributed by atoms with van der Waals surface area (Å²) < 4.78 is 1.83. The molecule has 0 radical (unpaired) electrons. The molecule has 0 spiro atoms. The Hall–Kier alpha value is -2.39. The molecule has 1 aromatic heterocycles. The molecule has 4 heteroatoms. The van der Waals surface area contributed by atoms with Gasteiger partial charge in [-0.15, -0.1) is 0 Å². The summed E-state index contributed by atoms with van der Waals surface area (Å²) in [5.41, 5.74) is 1.59. The zero-order valence-electron chi connectivity index (χ0n) is 11.2. The number of rotatable bonds is 4. The van der Waals surface area contributed by atoms with E-state index < -0.39 is 0 Å². The van der Waals surface area contributed by atoms with Gasteiger partial charge in [-0.05, 0) is 17.7 Å². The number of hydrogen-bond donors (Lipinski definition) is 0. The van der Waals surface area contributed by atoms with Crippen LogP contribution in [-0.2, 0) is 6.54 Å². The summed E-state index contributed by atoms with van der Waals surface area (Å²) >= 11 is 6.09. The van der Waals surface area contributed by atoms with Crippen LogP contribution in [0.15, 0.2) is 67.0 Å². The Balaban J connectivity index is 1.92. The van der Waals surface area contributed by atoms with Crippen molar-refractivity contribution in [2.24, 2.45) is 0 Å². The van der Waals surface area contributed by atoms with Gasteiger partial charge >= 0.3 is 0 Å². The second-order valence-electron chi connectivity index (χ2n) is 4.67. The monoisotopic (exact) mass is 296 g/mol. The highest BCUT2D eigenvalue weighted by molar-refractivity contribution is 6.34. The Kier molecular flexibility index (Phi) is 3.84. The minimum atomic E-state index is -0.165. The second kappa shape index (κ2) is 5.94. The van der Waals surface area contributed by atoms with E-state index in [0.717, 1.165) is 5.56 Å². The van der Waals surface area contributed by atoms with Crippen molar-refractivity contribution in [3.8, 4) is 0 Å².